The number of esters is 1. The topological polar surface area (TPSA) is 64.6 Å². The van der Waals surface area contributed by atoms with Gasteiger partial charge in [0.25, 0.3) is 5.91 Å². The number of halogens is 2. The molecule has 2 aromatic rings. The van der Waals surface area contributed by atoms with Gasteiger partial charge in [0.15, 0.2) is 6.10 Å². The Labute approximate surface area is 162 Å². The molecule has 0 spiro atoms. The summed E-state index contributed by atoms with van der Waals surface area (Å²) in [6, 6.07) is 11.3. The van der Waals surface area contributed by atoms with Gasteiger partial charge in [-0.05, 0) is 43.7 Å². The zero-order valence-corrected chi connectivity index (χ0v) is 16.1. The molecule has 2 rings (SSSR count). The molecule has 0 aliphatic carbocycles. The Morgan fingerprint density at radius 2 is 1.77 bits per heavy atom. The van der Waals surface area contributed by atoms with Gasteiger partial charge < -0.3 is 14.8 Å². The van der Waals surface area contributed by atoms with Gasteiger partial charge in [-0.2, -0.15) is 0 Å². The van der Waals surface area contributed by atoms with E-state index in [1.54, 1.807) is 49.4 Å². The van der Waals surface area contributed by atoms with E-state index in [-0.39, 0.29) is 11.6 Å². The van der Waals surface area contributed by atoms with E-state index in [0.717, 1.165) is 0 Å². The fourth-order valence-electron chi connectivity index (χ4n) is 2.35. The maximum absolute atomic E-state index is 12.3. The molecule has 0 radical (unpaired) electrons. The minimum Gasteiger partial charge on any atom is -0.496 e. The molecule has 0 bridgehead atoms. The minimum absolute atomic E-state index is 0.253. The van der Waals surface area contributed by atoms with Gasteiger partial charge in [-0.1, -0.05) is 41.4 Å². The number of carbonyl (C=O) groups is 2. The van der Waals surface area contributed by atoms with Crippen LogP contribution in [0.25, 0.3) is 0 Å². The molecule has 0 fully saturated rings. The Kier molecular flexibility index (Phi) is 6.89. The normalized spacial score (nSPS) is 12.8. The Morgan fingerprint density at radius 3 is 2.42 bits per heavy atom. The summed E-state index contributed by atoms with van der Waals surface area (Å²) in [4.78, 5) is 24.6. The van der Waals surface area contributed by atoms with Crippen LogP contribution in [0.15, 0.2) is 42.5 Å². The molecule has 0 heterocycles. The van der Waals surface area contributed by atoms with Crippen LogP contribution in [-0.2, 0) is 9.53 Å². The molecule has 1 N–H and O–H groups in total. The standard InChI is InChI=1S/C19H19Cl2NO4/c1-11(14-9-8-13(20)10-16(14)21)22-18(23)12(2)26-19(24)15-6-4-5-7-17(15)25-3/h4-12H,1-3H3,(H,22,23)/t11-,12+/m1/s1. The monoisotopic (exact) mass is 395 g/mol. The SMILES string of the molecule is COc1ccccc1C(=O)O[C@@H](C)C(=O)N[C@H](C)c1ccc(Cl)cc1Cl. The van der Waals surface area contributed by atoms with Crippen molar-refractivity contribution in [3.63, 3.8) is 0 Å². The molecule has 5 nitrogen and oxygen atoms in total. The van der Waals surface area contributed by atoms with E-state index >= 15 is 0 Å². The summed E-state index contributed by atoms with van der Waals surface area (Å²) >= 11 is 12.0. The highest BCUT2D eigenvalue weighted by Gasteiger charge is 2.23. The molecule has 0 aliphatic heterocycles. The Hall–Kier alpha value is -2.24. The van der Waals surface area contributed by atoms with Crippen LogP contribution < -0.4 is 10.1 Å². The average molecular weight is 396 g/mol. The van der Waals surface area contributed by atoms with Gasteiger partial charge in [0, 0.05) is 10.0 Å². The first kappa shape index (κ1) is 20.1. The summed E-state index contributed by atoms with van der Waals surface area (Å²) in [5.74, 6) is -0.694. The smallest absolute Gasteiger partial charge is 0.342 e. The van der Waals surface area contributed by atoms with Crippen LogP contribution in [0.2, 0.25) is 10.0 Å². The molecular formula is C19H19Cl2NO4. The lowest BCUT2D eigenvalue weighted by Crippen LogP contribution is -2.37. The van der Waals surface area contributed by atoms with Gasteiger partial charge in [0.2, 0.25) is 0 Å². The Balaban J connectivity index is 2.01. The van der Waals surface area contributed by atoms with E-state index in [1.165, 1.54) is 14.0 Å². The lowest BCUT2D eigenvalue weighted by molar-refractivity contribution is -0.129. The van der Waals surface area contributed by atoms with Gasteiger partial charge in [-0.25, -0.2) is 4.79 Å². The summed E-state index contributed by atoms with van der Waals surface area (Å²) in [5.41, 5.74) is 0.969. The van der Waals surface area contributed by atoms with Gasteiger partial charge in [0.05, 0.1) is 13.2 Å². The quantitative estimate of drug-likeness (QED) is 0.734. The highest BCUT2D eigenvalue weighted by molar-refractivity contribution is 6.35. The second kappa shape index (κ2) is 8.92. The van der Waals surface area contributed by atoms with Gasteiger partial charge >= 0.3 is 5.97 Å². The predicted molar refractivity (Wildman–Crippen MR) is 101 cm³/mol. The van der Waals surface area contributed by atoms with E-state index in [1.807, 2.05) is 0 Å². The van der Waals surface area contributed by atoms with E-state index in [9.17, 15) is 9.59 Å². The van der Waals surface area contributed by atoms with Gasteiger partial charge in [-0.15, -0.1) is 0 Å². The molecule has 138 valence electrons. The van der Waals surface area contributed by atoms with Gasteiger partial charge in [0.1, 0.15) is 11.3 Å². The van der Waals surface area contributed by atoms with Crippen molar-refractivity contribution >= 4 is 35.1 Å². The van der Waals surface area contributed by atoms with Crippen LogP contribution in [0.1, 0.15) is 35.8 Å². The van der Waals surface area contributed by atoms with E-state index in [0.29, 0.717) is 21.4 Å². The van der Waals surface area contributed by atoms with Crippen LogP contribution in [0.5, 0.6) is 5.75 Å². The van der Waals surface area contributed by atoms with Crippen LogP contribution >= 0.6 is 23.2 Å². The number of rotatable bonds is 6. The van der Waals surface area contributed by atoms with Gasteiger partial charge in [-0.3, -0.25) is 4.79 Å². The molecule has 1 amide bonds. The lowest BCUT2D eigenvalue weighted by Gasteiger charge is -2.19. The molecule has 0 aliphatic rings. The largest absolute Gasteiger partial charge is 0.496 e. The molecular weight excluding hydrogens is 377 g/mol. The number of nitrogens with one attached hydrogen (secondary N) is 1. The second-order valence-electron chi connectivity index (χ2n) is 5.64. The summed E-state index contributed by atoms with van der Waals surface area (Å²) in [7, 11) is 1.46. The first-order valence-corrected chi connectivity index (χ1v) is 8.68. The summed E-state index contributed by atoms with van der Waals surface area (Å²) in [6.07, 6.45) is -0.985. The summed E-state index contributed by atoms with van der Waals surface area (Å²) in [6.45, 7) is 3.28. The van der Waals surface area contributed by atoms with Crippen LogP contribution in [0.4, 0.5) is 0 Å². The zero-order valence-electron chi connectivity index (χ0n) is 14.6. The maximum Gasteiger partial charge on any atom is 0.342 e. The molecule has 26 heavy (non-hydrogen) atoms. The molecule has 0 saturated heterocycles. The fraction of sp³-hybridized carbons (Fsp3) is 0.263. The number of carbonyl (C=O) groups excluding carboxylic acids is 2. The third-order valence-corrected chi connectivity index (χ3v) is 4.33. The molecule has 0 aromatic heterocycles. The Bertz CT molecular complexity index is 810. The van der Waals surface area contributed by atoms with Crippen molar-refractivity contribution in [1.29, 1.82) is 0 Å². The summed E-state index contributed by atoms with van der Waals surface area (Å²) in [5, 5.41) is 3.73. The number of hydrogen-bond acceptors (Lipinski definition) is 4. The molecule has 0 saturated carbocycles. The van der Waals surface area contributed by atoms with Crippen LogP contribution in [-0.4, -0.2) is 25.1 Å². The molecule has 7 heteroatoms. The molecule has 2 aromatic carbocycles. The first-order chi connectivity index (χ1) is 12.3. The maximum atomic E-state index is 12.3. The van der Waals surface area contributed by atoms with Crippen molar-refractivity contribution in [2.45, 2.75) is 26.0 Å². The van der Waals surface area contributed by atoms with Crippen molar-refractivity contribution < 1.29 is 19.1 Å². The molecule has 2 atom stereocenters. The fourth-order valence-corrected chi connectivity index (χ4v) is 2.92. The number of methoxy groups -OCH3 is 1. The second-order valence-corrected chi connectivity index (χ2v) is 6.49. The lowest BCUT2D eigenvalue weighted by atomic mass is 10.1. The number of ether oxygens (including phenoxy) is 2. The number of amides is 1. The van der Waals surface area contributed by atoms with E-state index < -0.39 is 18.0 Å². The number of benzene rings is 2. The average Bonchev–Trinajstić information content (AvgIpc) is 2.61. The highest BCUT2D eigenvalue weighted by Crippen LogP contribution is 2.26. The Morgan fingerprint density at radius 1 is 1.08 bits per heavy atom. The highest BCUT2D eigenvalue weighted by atomic mass is 35.5. The molecule has 0 unspecified atom stereocenters. The van der Waals surface area contributed by atoms with E-state index in [2.05, 4.69) is 5.32 Å². The van der Waals surface area contributed by atoms with E-state index in [4.69, 9.17) is 32.7 Å². The third-order valence-electron chi connectivity index (χ3n) is 3.77. The minimum atomic E-state index is -0.985. The van der Waals surface area contributed by atoms with Crippen LogP contribution in [0, 0.1) is 0 Å². The zero-order chi connectivity index (χ0) is 19.3. The van der Waals surface area contributed by atoms with Crippen molar-refractivity contribution in [3.05, 3.63) is 63.6 Å². The first-order valence-electron chi connectivity index (χ1n) is 7.92. The van der Waals surface area contributed by atoms with Crippen molar-refractivity contribution in [1.82, 2.24) is 5.32 Å². The van der Waals surface area contributed by atoms with Crippen molar-refractivity contribution in [3.8, 4) is 5.75 Å². The predicted octanol–water partition coefficient (Wildman–Crippen LogP) is 4.42. The van der Waals surface area contributed by atoms with Crippen LogP contribution in [0.3, 0.4) is 0 Å². The van der Waals surface area contributed by atoms with Crippen molar-refractivity contribution in [2.75, 3.05) is 7.11 Å². The third kappa shape index (κ3) is 4.90. The summed E-state index contributed by atoms with van der Waals surface area (Å²) < 4.78 is 10.4. The number of para-hydroxylation sites is 1. The number of hydrogen-bond donors (Lipinski definition) is 1. The van der Waals surface area contributed by atoms with Crippen molar-refractivity contribution in [2.24, 2.45) is 0 Å².